The van der Waals surface area contributed by atoms with E-state index in [1.807, 2.05) is 36.4 Å². The fourth-order valence-corrected chi connectivity index (χ4v) is 2.24. The Morgan fingerprint density at radius 2 is 1.56 bits per heavy atom. The topological polar surface area (TPSA) is 55.1 Å². The lowest BCUT2D eigenvalue weighted by molar-refractivity contribution is 0.0955. The highest BCUT2D eigenvalue weighted by molar-refractivity contribution is 6.10. The molecule has 3 heteroatoms. The number of amides is 1. The fourth-order valence-electron chi connectivity index (χ4n) is 2.24. The van der Waals surface area contributed by atoms with E-state index in [-0.39, 0.29) is 5.91 Å². The molecule has 3 aromatic rings. The number of carbonyl (C=O) groups is 1. The van der Waals surface area contributed by atoms with E-state index in [1.165, 1.54) is 0 Å². The monoisotopic (exact) mass is 236 g/mol. The van der Waals surface area contributed by atoms with Gasteiger partial charge in [-0.2, -0.15) is 0 Å². The number of nitrogens with two attached hydrogens (primary N) is 1. The molecule has 0 heterocycles. The van der Waals surface area contributed by atoms with Crippen LogP contribution in [-0.2, 0) is 0 Å². The van der Waals surface area contributed by atoms with Gasteiger partial charge in [0.15, 0.2) is 0 Å². The van der Waals surface area contributed by atoms with Gasteiger partial charge in [0, 0.05) is 5.56 Å². The van der Waals surface area contributed by atoms with E-state index < -0.39 is 0 Å². The Balaban J connectivity index is 2.39. The molecule has 18 heavy (non-hydrogen) atoms. The normalized spacial score (nSPS) is 10.7. The van der Waals surface area contributed by atoms with Crippen LogP contribution >= 0.6 is 0 Å². The second kappa shape index (κ2) is 4.13. The third kappa shape index (κ3) is 1.61. The smallest absolute Gasteiger partial charge is 0.265 e. The highest BCUT2D eigenvalue weighted by atomic mass is 16.2. The van der Waals surface area contributed by atoms with Crippen LogP contribution in [0, 0.1) is 0 Å². The molecule has 3 aromatic carbocycles. The predicted octanol–water partition coefficient (Wildman–Crippen LogP) is 2.60. The number of hydrazine groups is 1. The molecule has 0 unspecified atom stereocenters. The molecule has 0 bridgehead atoms. The van der Waals surface area contributed by atoms with Crippen molar-refractivity contribution in [3.63, 3.8) is 0 Å². The highest BCUT2D eigenvalue weighted by Gasteiger charge is 2.08. The number of nitrogen functional groups attached to an aromatic ring is 1. The summed E-state index contributed by atoms with van der Waals surface area (Å²) < 4.78 is 0. The summed E-state index contributed by atoms with van der Waals surface area (Å²) in [5, 5.41) is 4.23. The molecule has 3 nitrogen and oxygen atoms in total. The second-order valence-corrected chi connectivity index (χ2v) is 4.20. The largest absolute Gasteiger partial charge is 0.290 e. The summed E-state index contributed by atoms with van der Waals surface area (Å²) >= 11 is 0. The van der Waals surface area contributed by atoms with Crippen molar-refractivity contribution in [2.24, 2.45) is 5.84 Å². The number of rotatable bonds is 1. The van der Waals surface area contributed by atoms with Crippen LogP contribution in [0.15, 0.2) is 54.6 Å². The van der Waals surface area contributed by atoms with Crippen LogP contribution in [-0.4, -0.2) is 5.91 Å². The van der Waals surface area contributed by atoms with Crippen LogP contribution in [0.3, 0.4) is 0 Å². The third-order valence-corrected chi connectivity index (χ3v) is 3.12. The Morgan fingerprint density at radius 1 is 0.889 bits per heavy atom. The Morgan fingerprint density at radius 3 is 2.28 bits per heavy atom. The molecule has 0 saturated heterocycles. The van der Waals surface area contributed by atoms with E-state index in [2.05, 4.69) is 17.6 Å². The van der Waals surface area contributed by atoms with Crippen molar-refractivity contribution in [1.29, 1.82) is 0 Å². The molecule has 0 spiro atoms. The quantitative estimate of drug-likeness (QED) is 0.295. The van der Waals surface area contributed by atoms with E-state index in [9.17, 15) is 4.79 Å². The molecular weight excluding hydrogens is 224 g/mol. The van der Waals surface area contributed by atoms with Gasteiger partial charge in [-0.3, -0.25) is 10.2 Å². The zero-order valence-electron chi connectivity index (χ0n) is 9.68. The predicted molar refractivity (Wildman–Crippen MR) is 73.1 cm³/mol. The van der Waals surface area contributed by atoms with E-state index >= 15 is 0 Å². The van der Waals surface area contributed by atoms with Crippen molar-refractivity contribution in [3.8, 4) is 0 Å². The summed E-state index contributed by atoms with van der Waals surface area (Å²) in [6, 6.07) is 17.8. The van der Waals surface area contributed by atoms with Gasteiger partial charge < -0.3 is 0 Å². The second-order valence-electron chi connectivity index (χ2n) is 4.20. The maximum Gasteiger partial charge on any atom is 0.265 e. The summed E-state index contributed by atoms with van der Waals surface area (Å²) in [5.41, 5.74) is 2.78. The van der Waals surface area contributed by atoms with Crippen molar-refractivity contribution in [1.82, 2.24) is 5.43 Å². The van der Waals surface area contributed by atoms with Gasteiger partial charge in [-0.15, -0.1) is 0 Å². The summed E-state index contributed by atoms with van der Waals surface area (Å²) in [6.07, 6.45) is 0. The number of nitrogens with one attached hydrogen (secondary N) is 1. The summed E-state index contributed by atoms with van der Waals surface area (Å²) in [4.78, 5) is 11.7. The standard InChI is InChI=1S/C15H12N2O/c16-17-15(18)13-7-3-6-12-8-10-4-1-2-5-11(10)9-14(12)13/h1-9H,16H2,(H,17,18). The number of fused-ring (bicyclic) bond motifs is 2. The molecule has 0 atom stereocenters. The van der Waals surface area contributed by atoms with Crippen molar-refractivity contribution in [3.05, 3.63) is 60.2 Å². The number of benzene rings is 3. The maximum atomic E-state index is 11.7. The van der Waals surface area contributed by atoms with Gasteiger partial charge in [0.1, 0.15) is 0 Å². The Kier molecular flexibility index (Phi) is 2.46. The van der Waals surface area contributed by atoms with Crippen LogP contribution in [0.25, 0.3) is 21.5 Å². The average molecular weight is 236 g/mol. The van der Waals surface area contributed by atoms with E-state index in [0.717, 1.165) is 21.5 Å². The van der Waals surface area contributed by atoms with Crippen LogP contribution in [0.4, 0.5) is 0 Å². The summed E-state index contributed by atoms with van der Waals surface area (Å²) in [6.45, 7) is 0. The number of carbonyl (C=O) groups excluding carboxylic acids is 1. The lowest BCUT2D eigenvalue weighted by Crippen LogP contribution is -2.30. The van der Waals surface area contributed by atoms with Gasteiger partial charge >= 0.3 is 0 Å². The zero-order chi connectivity index (χ0) is 12.5. The fraction of sp³-hybridized carbons (Fsp3) is 0. The Bertz CT molecular complexity index is 750. The molecule has 1 amide bonds. The SMILES string of the molecule is NNC(=O)c1cccc2cc3ccccc3cc12. The van der Waals surface area contributed by atoms with Crippen LogP contribution < -0.4 is 11.3 Å². The first-order valence-electron chi connectivity index (χ1n) is 5.72. The van der Waals surface area contributed by atoms with Gasteiger partial charge in [-0.05, 0) is 39.7 Å². The van der Waals surface area contributed by atoms with Gasteiger partial charge in [0.25, 0.3) is 5.91 Å². The summed E-state index contributed by atoms with van der Waals surface area (Å²) in [5.74, 6) is 4.94. The van der Waals surface area contributed by atoms with Crippen LogP contribution in [0.1, 0.15) is 10.4 Å². The van der Waals surface area contributed by atoms with Gasteiger partial charge in [-0.25, -0.2) is 5.84 Å². The van der Waals surface area contributed by atoms with Crippen molar-refractivity contribution in [2.45, 2.75) is 0 Å². The molecule has 3 N–H and O–H groups in total. The van der Waals surface area contributed by atoms with Crippen molar-refractivity contribution in [2.75, 3.05) is 0 Å². The average Bonchev–Trinajstić information content (AvgIpc) is 2.43. The van der Waals surface area contributed by atoms with Crippen molar-refractivity contribution >= 4 is 27.5 Å². The lowest BCUT2D eigenvalue weighted by atomic mass is 9.99. The number of hydrogen-bond acceptors (Lipinski definition) is 2. The molecule has 0 aliphatic heterocycles. The first-order valence-corrected chi connectivity index (χ1v) is 5.72. The molecule has 0 aromatic heterocycles. The minimum absolute atomic E-state index is 0.268. The third-order valence-electron chi connectivity index (χ3n) is 3.12. The summed E-state index contributed by atoms with van der Waals surface area (Å²) in [7, 11) is 0. The molecule has 3 rings (SSSR count). The van der Waals surface area contributed by atoms with Gasteiger partial charge in [-0.1, -0.05) is 36.4 Å². The highest BCUT2D eigenvalue weighted by Crippen LogP contribution is 2.25. The van der Waals surface area contributed by atoms with E-state index in [0.29, 0.717) is 5.56 Å². The van der Waals surface area contributed by atoms with Gasteiger partial charge in [0.2, 0.25) is 0 Å². The zero-order valence-corrected chi connectivity index (χ0v) is 9.68. The number of hydrogen-bond donors (Lipinski definition) is 2. The molecule has 88 valence electrons. The lowest BCUT2D eigenvalue weighted by Gasteiger charge is -2.07. The van der Waals surface area contributed by atoms with Crippen LogP contribution in [0.5, 0.6) is 0 Å². The first-order chi connectivity index (χ1) is 8.79. The maximum absolute atomic E-state index is 11.7. The molecule has 0 fully saturated rings. The molecular formula is C15H12N2O. The molecule has 0 saturated carbocycles. The minimum atomic E-state index is -0.268. The molecule has 0 aliphatic carbocycles. The van der Waals surface area contributed by atoms with Crippen LogP contribution in [0.2, 0.25) is 0 Å². The van der Waals surface area contributed by atoms with Gasteiger partial charge in [0.05, 0.1) is 0 Å². The van der Waals surface area contributed by atoms with Crippen molar-refractivity contribution < 1.29 is 4.79 Å². The molecule has 0 radical (unpaired) electrons. The van der Waals surface area contributed by atoms with E-state index in [1.54, 1.807) is 6.07 Å². The molecule has 0 aliphatic rings. The van der Waals surface area contributed by atoms with E-state index in [4.69, 9.17) is 5.84 Å². The Labute approximate surface area is 104 Å². The first kappa shape index (κ1) is 10.7. The Hall–Kier alpha value is -2.39. The minimum Gasteiger partial charge on any atom is -0.290 e.